The lowest BCUT2D eigenvalue weighted by Gasteiger charge is -2.11. The standard InChI is InChI=1S/C22H17Cl2N3S/c1-15-4-2-7-20(12-15)27-21(17-8-10-18(23)11-9-17)25-26-22(27)28-14-16-5-3-6-19(24)13-16/h2-13H,14H2,1H3. The molecule has 4 rings (SSSR count). The maximum atomic E-state index is 6.11. The fourth-order valence-corrected chi connectivity index (χ4v) is 4.16. The van der Waals surface area contributed by atoms with E-state index in [2.05, 4.69) is 46.0 Å². The first-order valence-corrected chi connectivity index (χ1v) is 10.5. The lowest BCUT2D eigenvalue weighted by molar-refractivity contribution is 0.885. The van der Waals surface area contributed by atoms with Crippen molar-refractivity contribution in [2.45, 2.75) is 17.8 Å². The third-order valence-corrected chi connectivity index (χ3v) is 5.74. The van der Waals surface area contributed by atoms with Crippen LogP contribution in [0.2, 0.25) is 10.0 Å². The molecule has 3 nitrogen and oxygen atoms in total. The van der Waals surface area contributed by atoms with E-state index in [-0.39, 0.29) is 0 Å². The van der Waals surface area contributed by atoms with E-state index in [9.17, 15) is 0 Å². The van der Waals surface area contributed by atoms with Gasteiger partial charge in [-0.2, -0.15) is 0 Å². The average molecular weight is 426 g/mol. The van der Waals surface area contributed by atoms with Crippen LogP contribution in [-0.4, -0.2) is 14.8 Å². The fourth-order valence-electron chi connectivity index (χ4n) is 2.92. The van der Waals surface area contributed by atoms with Crippen LogP contribution in [-0.2, 0) is 5.75 Å². The highest BCUT2D eigenvalue weighted by Crippen LogP contribution is 2.31. The molecular formula is C22H17Cl2N3S. The predicted molar refractivity (Wildman–Crippen MR) is 118 cm³/mol. The topological polar surface area (TPSA) is 30.7 Å². The molecule has 3 aromatic carbocycles. The molecule has 0 bridgehead atoms. The number of halogens is 2. The molecule has 0 saturated carbocycles. The number of thioether (sulfide) groups is 1. The minimum Gasteiger partial charge on any atom is -0.270 e. The van der Waals surface area contributed by atoms with Crippen LogP contribution in [0, 0.1) is 6.92 Å². The van der Waals surface area contributed by atoms with Gasteiger partial charge in [-0.3, -0.25) is 4.57 Å². The van der Waals surface area contributed by atoms with Crippen LogP contribution < -0.4 is 0 Å². The first kappa shape index (κ1) is 19.1. The van der Waals surface area contributed by atoms with E-state index in [0.29, 0.717) is 5.02 Å². The second-order valence-electron chi connectivity index (χ2n) is 6.41. The molecule has 1 heterocycles. The van der Waals surface area contributed by atoms with Crippen molar-refractivity contribution in [2.24, 2.45) is 0 Å². The van der Waals surface area contributed by atoms with Gasteiger partial charge in [-0.15, -0.1) is 10.2 Å². The van der Waals surface area contributed by atoms with Gasteiger partial charge in [-0.05, 0) is 66.6 Å². The molecule has 0 aliphatic rings. The van der Waals surface area contributed by atoms with Crippen molar-refractivity contribution in [3.8, 4) is 17.1 Å². The van der Waals surface area contributed by atoms with Gasteiger partial charge >= 0.3 is 0 Å². The Morgan fingerprint density at radius 2 is 1.64 bits per heavy atom. The highest BCUT2D eigenvalue weighted by molar-refractivity contribution is 7.98. The number of rotatable bonds is 5. The van der Waals surface area contributed by atoms with E-state index in [0.717, 1.165) is 38.6 Å². The molecule has 0 unspecified atom stereocenters. The van der Waals surface area contributed by atoms with Gasteiger partial charge in [0.25, 0.3) is 0 Å². The Morgan fingerprint density at radius 3 is 2.39 bits per heavy atom. The third kappa shape index (κ3) is 4.25. The quantitative estimate of drug-likeness (QED) is 0.327. The van der Waals surface area contributed by atoms with E-state index in [1.807, 2.05) is 48.5 Å². The lowest BCUT2D eigenvalue weighted by Crippen LogP contribution is -2.00. The van der Waals surface area contributed by atoms with Gasteiger partial charge in [0.1, 0.15) is 0 Å². The van der Waals surface area contributed by atoms with E-state index >= 15 is 0 Å². The van der Waals surface area contributed by atoms with Crippen molar-refractivity contribution in [2.75, 3.05) is 0 Å². The molecule has 4 aromatic rings. The zero-order valence-electron chi connectivity index (χ0n) is 15.1. The Labute approximate surface area is 178 Å². The normalized spacial score (nSPS) is 11.0. The van der Waals surface area contributed by atoms with Crippen molar-refractivity contribution < 1.29 is 0 Å². The van der Waals surface area contributed by atoms with Gasteiger partial charge in [0.15, 0.2) is 11.0 Å². The molecule has 140 valence electrons. The molecule has 0 saturated heterocycles. The molecule has 0 N–H and O–H groups in total. The fraction of sp³-hybridized carbons (Fsp3) is 0.0909. The second-order valence-corrected chi connectivity index (χ2v) is 8.22. The van der Waals surface area contributed by atoms with E-state index in [1.165, 1.54) is 5.56 Å². The van der Waals surface area contributed by atoms with Crippen LogP contribution in [0.4, 0.5) is 0 Å². The largest absolute Gasteiger partial charge is 0.270 e. The molecule has 0 aliphatic carbocycles. The van der Waals surface area contributed by atoms with Crippen LogP contribution in [0.1, 0.15) is 11.1 Å². The molecule has 0 amide bonds. The first-order chi connectivity index (χ1) is 13.6. The molecule has 28 heavy (non-hydrogen) atoms. The van der Waals surface area contributed by atoms with Gasteiger partial charge in [-0.1, -0.05) is 59.2 Å². The van der Waals surface area contributed by atoms with Crippen LogP contribution in [0.15, 0.2) is 78.0 Å². The van der Waals surface area contributed by atoms with Gasteiger partial charge < -0.3 is 0 Å². The summed E-state index contributed by atoms with van der Waals surface area (Å²) in [5, 5.41) is 11.2. The Kier molecular flexibility index (Phi) is 5.72. The Balaban J connectivity index is 1.74. The molecule has 1 aromatic heterocycles. The summed E-state index contributed by atoms with van der Waals surface area (Å²) in [6, 6.07) is 23.9. The Bertz CT molecular complexity index is 1110. The van der Waals surface area contributed by atoms with Crippen LogP contribution in [0.3, 0.4) is 0 Å². The van der Waals surface area contributed by atoms with Crippen molar-refractivity contribution in [1.29, 1.82) is 0 Å². The summed E-state index contributed by atoms with van der Waals surface area (Å²) in [6.45, 7) is 2.08. The highest BCUT2D eigenvalue weighted by atomic mass is 35.5. The number of hydrogen-bond donors (Lipinski definition) is 0. The molecule has 6 heteroatoms. The van der Waals surface area contributed by atoms with Crippen molar-refractivity contribution in [3.05, 3.63) is 94.0 Å². The van der Waals surface area contributed by atoms with Crippen molar-refractivity contribution in [1.82, 2.24) is 14.8 Å². The van der Waals surface area contributed by atoms with Crippen LogP contribution in [0.5, 0.6) is 0 Å². The summed E-state index contributed by atoms with van der Waals surface area (Å²) >= 11 is 13.8. The minimum absolute atomic E-state index is 0.695. The number of hydrogen-bond acceptors (Lipinski definition) is 3. The SMILES string of the molecule is Cc1cccc(-n2c(SCc3cccc(Cl)c3)nnc2-c2ccc(Cl)cc2)c1. The van der Waals surface area contributed by atoms with E-state index in [1.54, 1.807) is 11.8 Å². The molecular weight excluding hydrogens is 409 g/mol. The second kappa shape index (κ2) is 8.39. The number of benzene rings is 3. The molecule has 0 fully saturated rings. The maximum Gasteiger partial charge on any atom is 0.196 e. The lowest BCUT2D eigenvalue weighted by atomic mass is 10.2. The molecule has 0 spiro atoms. The molecule has 0 radical (unpaired) electrons. The van der Waals surface area contributed by atoms with Gasteiger partial charge in [-0.25, -0.2) is 0 Å². The van der Waals surface area contributed by atoms with E-state index in [4.69, 9.17) is 23.2 Å². The summed E-state index contributed by atoms with van der Waals surface area (Å²) in [7, 11) is 0. The number of aryl methyl sites for hydroxylation is 1. The number of aromatic nitrogens is 3. The summed E-state index contributed by atoms with van der Waals surface area (Å²) < 4.78 is 2.09. The zero-order chi connectivity index (χ0) is 19.5. The van der Waals surface area contributed by atoms with Crippen molar-refractivity contribution >= 4 is 35.0 Å². The van der Waals surface area contributed by atoms with Gasteiger partial charge in [0.2, 0.25) is 0 Å². The van der Waals surface area contributed by atoms with Gasteiger partial charge in [0, 0.05) is 27.0 Å². The summed E-state index contributed by atoms with van der Waals surface area (Å²) in [4.78, 5) is 0. The van der Waals surface area contributed by atoms with E-state index < -0.39 is 0 Å². The Hall–Kier alpha value is -2.27. The maximum absolute atomic E-state index is 6.11. The van der Waals surface area contributed by atoms with Crippen LogP contribution in [0.25, 0.3) is 17.1 Å². The first-order valence-electron chi connectivity index (χ1n) is 8.76. The zero-order valence-corrected chi connectivity index (χ0v) is 17.5. The summed E-state index contributed by atoms with van der Waals surface area (Å²) in [5.41, 5.74) is 4.32. The van der Waals surface area contributed by atoms with Crippen molar-refractivity contribution in [3.63, 3.8) is 0 Å². The average Bonchev–Trinajstić information content (AvgIpc) is 3.11. The molecule has 0 atom stereocenters. The molecule has 0 aliphatic heterocycles. The van der Waals surface area contributed by atoms with Crippen LogP contribution >= 0.6 is 35.0 Å². The summed E-state index contributed by atoms with van der Waals surface area (Å²) in [6.07, 6.45) is 0. The number of nitrogens with zero attached hydrogens (tertiary/aromatic N) is 3. The predicted octanol–water partition coefficient (Wildman–Crippen LogP) is 6.84. The highest BCUT2D eigenvalue weighted by Gasteiger charge is 2.16. The monoisotopic (exact) mass is 425 g/mol. The smallest absolute Gasteiger partial charge is 0.196 e. The summed E-state index contributed by atoms with van der Waals surface area (Å²) in [5.74, 6) is 1.54. The van der Waals surface area contributed by atoms with Gasteiger partial charge in [0.05, 0.1) is 0 Å². The Morgan fingerprint density at radius 1 is 0.857 bits per heavy atom. The third-order valence-electron chi connectivity index (χ3n) is 4.25. The minimum atomic E-state index is 0.695.